The van der Waals surface area contributed by atoms with Crippen molar-refractivity contribution >= 4 is 28.4 Å². The highest BCUT2D eigenvalue weighted by Gasteiger charge is 2.13. The molecular weight excluding hydrogens is 430 g/mol. The summed E-state index contributed by atoms with van der Waals surface area (Å²) >= 11 is 0. The molecule has 33 heavy (non-hydrogen) atoms. The number of nitrogens with one attached hydrogen (secondary N) is 2. The summed E-state index contributed by atoms with van der Waals surface area (Å²) in [5.41, 5.74) is 2.29. The summed E-state index contributed by atoms with van der Waals surface area (Å²) in [6.45, 7) is 3.82. The van der Waals surface area contributed by atoms with Gasteiger partial charge in [-0.25, -0.2) is 4.98 Å². The number of nitro groups is 1. The van der Waals surface area contributed by atoms with E-state index < -0.39 is 4.92 Å². The number of aryl methyl sites for hydroxylation is 1. The van der Waals surface area contributed by atoms with Gasteiger partial charge in [0.1, 0.15) is 18.2 Å². The van der Waals surface area contributed by atoms with E-state index >= 15 is 0 Å². The van der Waals surface area contributed by atoms with Crippen LogP contribution >= 0.6 is 0 Å². The van der Waals surface area contributed by atoms with Gasteiger partial charge in [0.05, 0.1) is 17.6 Å². The third-order valence-corrected chi connectivity index (χ3v) is 4.98. The van der Waals surface area contributed by atoms with Gasteiger partial charge >= 0.3 is 0 Å². The van der Waals surface area contributed by atoms with Crippen LogP contribution in [0.3, 0.4) is 0 Å². The molecule has 2 aromatic heterocycles. The third kappa shape index (κ3) is 6.72. The van der Waals surface area contributed by atoms with E-state index in [0.29, 0.717) is 43.5 Å². The number of rotatable bonds is 14. The normalized spacial score (nSPS) is 11.1. The fourth-order valence-electron chi connectivity index (χ4n) is 3.35. The van der Waals surface area contributed by atoms with Crippen molar-refractivity contribution in [2.24, 2.45) is 0 Å². The van der Waals surface area contributed by atoms with Crippen molar-refractivity contribution in [1.29, 1.82) is 0 Å². The molecule has 178 valence electrons. The van der Waals surface area contributed by atoms with Gasteiger partial charge in [-0.15, -0.1) is 10.2 Å². The Morgan fingerprint density at radius 1 is 1.18 bits per heavy atom. The lowest BCUT2D eigenvalue weighted by Gasteiger charge is -2.11. The van der Waals surface area contributed by atoms with E-state index in [-0.39, 0.29) is 25.3 Å². The summed E-state index contributed by atoms with van der Waals surface area (Å²) in [5.74, 6) is 1.93. The molecule has 0 saturated carbocycles. The standard InChI is InChI=1S/C21H29N7O5/c1-15-25-26-21-20(23-10-4-3-9-22-19(29)6-5-11-27(30)31)24-17-14-16(33-13-12-32-2)7-8-18(17)28(15)21/h7-8,14H,3-6,9-13H2,1-2H3,(H,22,29)(H,23,24). The molecule has 12 heteroatoms. The Balaban J connectivity index is 1.57. The van der Waals surface area contributed by atoms with Gasteiger partial charge in [0.25, 0.3) is 0 Å². The van der Waals surface area contributed by atoms with Crippen LogP contribution in [0.5, 0.6) is 5.75 Å². The molecule has 1 amide bonds. The Morgan fingerprint density at radius 2 is 2.00 bits per heavy atom. The average molecular weight is 460 g/mol. The lowest BCUT2D eigenvalue weighted by molar-refractivity contribution is -0.480. The molecule has 0 spiro atoms. The Bertz CT molecular complexity index is 1100. The maximum Gasteiger partial charge on any atom is 0.220 e. The number of benzene rings is 1. The summed E-state index contributed by atoms with van der Waals surface area (Å²) in [6.07, 6.45) is 1.98. The second kappa shape index (κ2) is 11.9. The Hall–Kier alpha value is -3.54. The first-order valence-corrected chi connectivity index (χ1v) is 10.9. The van der Waals surface area contributed by atoms with Crippen LogP contribution in [-0.4, -0.2) is 70.4 Å². The monoisotopic (exact) mass is 459 g/mol. The highest BCUT2D eigenvalue weighted by molar-refractivity contribution is 5.84. The molecule has 1 aromatic carbocycles. The highest BCUT2D eigenvalue weighted by Crippen LogP contribution is 2.25. The van der Waals surface area contributed by atoms with Crippen LogP contribution in [0.4, 0.5) is 5.82 Å². The number of fused-ring (bicyclic) bond motifs is 3. The zero-order valence-corrected chi connectivity index (χ0v) is 18.9. The smallest absolute Gasteiger partial charge is 0.220 e. The number of ether oxygens (including phenoxy) is 2. The minimum absolute atomic E-state index is 0.162. The number of methoxy groups -OCH3 is 1. The zero-order chi connectivity index (χ0) is 23.6. The summed E-state index contributed by atoms with van der Waals surface area (Å²) < 4.78 is 12.7. The second-order valence-corrected chi connectivity index (χ2v) is 7.50. The predicted octanol–water partition coefficient (Wildman–Crippen LogP) is 1.98. The number of hydrogen-bond acceptors (Lipinski definition) is 9. The van der Waals surface area contributed by atoms with E-state index in [1.165, 1.54) is 0 Å². The first-order chi connectivity index (χ1) is 16.0. The van der Waals surface area contributed by atoms with Crippen molar-refractivity contribution in [2.75, 3.05) is 45.3 Å². The van der Waals surface area contributed by atoms with Crippen LogP contribution in [0.25, 0.3) is 16.7 Å². The fourth-order valence-corrected chi connectivity index (χ4v) is 3.35. The molecule has 0 bridgehead atoms. The van der Waals surface area contributed by atoms with Crippen LogP contribution < -0.4 is 15.4 Å². The number of aromatic nitrogens is 4. The summed E-state index contributed by atoms with van der Waals surface area (Å²) in [7, 11) is 1.63. The molecule has 12 nitrogen and oxygen atoms in total. The molecule has 0 unspecified atom stereocenters. The average Bonchev–Trinajstić information content (AvgIpc) is 3.18. The van der Waals surface area contributed by atoms with Gasteiger partial charge in [0.2, 0.25) is 18.1 Å². The van der Waals surface area contributed by atoms with Gasteiger partial charge in [-0.05, 0) is 31.9 Å². The Labute approximate surface area is 190 Å². The number of unbranched alkanes of at least 4 members (excludes halogenated alkanes) is 1. The van der Waals surface area contributed by atoms with Crippen molar-refractivity contribution in [1.82, 2.24) is 24.9 Å². The molecule has 2 N–H and O–H groups in total. The van der Waals surface area contributed by atoms with Crippen LogP contribution in [0, 0.1) is 17.0 Å². The second-order valence-electron chi connectivity index (χ2n) is 7.50. The largest absolute Gasteiger partial charge is 0.491 e. The van der Waals surface area contributed by atoms with Crippen LogP contribution in [0.1, 0.15) is 31.5 Å². The Morgan fingerprint density at radius 3 is 2.79 bits per heavy atom. The van der Waals surface area contributed by atoms with Crippen molar-refractivity contribution in [3.05, 3.63) is 34.1 Å². The SMILES string of the molecule is COCCOc1ccc2c(c1)nc(NCCCCNC(=O)CCC[N+](=O)[O-])c1nnc(C)n12. The van der Waals surface area contributed by atoms with Gasteiger partial charge in [-0.1, -0.05) is 0 Å². The van der Waals surface area contributed by atoms with Gasteiger partial charge < -0.3 is 20.1 Å². The highest BCUT2D eigenvalue weighted by atomic mass is 16.6. The lowest BCUT2D eigenvalue weighted by atomic mass is 10.2. The molecule has 0 saturated heterocycles. The molecule has 0 aliphatic rings. The van der Waals surface area contributed by atoms with E-state index in [4.69, 9.17) is 14.5 Å². The lowest BCUT2D eigenvalue weighted by Crippen LogP contribution is -2.25. The zero-order valence-electron chi connectivity index (χ0n) is 18.9. The molecule has 3 rings (SSSR count). The topological polar surface area (TPSA) is 146 Å². The van der Waals surface area contributed by atoms with E-state index in [1.807, 2.05) is 29.5 Å². The van der Waals surface area contributed by atoms with Crippen LogP contribution in [0.15, 0.2) is 18.2 Å². The predicted molar refractivity (Wildman–Crippen MR) is 122 cm³/mol. The minimum atomic E-state index is -0.414. The van der Waals surface area contributed by atoms with E-state index in [2.05, 4.69) is 20.8 Å². The molecule has 0 atom stereocenters. The van der Waals surface area contributed by atoms with Crippen molar-refractivity contribution < 1.29 is 19.2 Å². The summed E-state index contributed by atoms with van der Waals surface area (Å²) in [6, 6.07) is 5.70. The van der Waals surface area contributed by atoms with Gasteiger partial charge in [0, 0.05) is 44.0 Å². The quantitative estimate of drug-likeness (QED) is 0.210. The van der Waals surface area contributed by atoms with Gasteiger partial charge in [0.15, 0.2) is 5.82 Å². The van der Waals surface area contributed by atoms with Crippen molar-refractivity contribution in [3.8, 4) is 5.75 Å². The van der Waals surface area contributed by atoms with Crippen LogP contribution in [0.2, 0.25) is 0 Å². The third-order valence-electron chi connectivity index (χ3n) is 4.98. The molecule has 0 radical (unpaired) electrons. The number of amides is 1. The van der Waals surface area contributed by atoms with Gasteiger partial charge in [-0.2, -0.15) is 0 Å². The number of nitrogens with zero attached hydrogens (tertiary/aromatic N) is 5. The molecule has 2 heterocycles. The number of carbonyl (C=O) groups is 1. The van der Waals surface area contributed by atoms with E-state index in [9.17, 15) is 14.9 Å². The van der Waals surface area contributed by atoms with E-state index in [1.54, 1.807) is 7.11 Å². The summed E-state index contributed by atoms with van der Waals surface area (Å²) in [4.78, 5) is 26.3. The summed E-state index contributed by atoms with van der Waals surface area (Å²) in [5, 5.41) is 24.9. The molecular formula is C21H29N7O5. The van der Waals surface area contributed by atoms with Gasteiger partial charge in [-0.3, -0.25) is 19.3 Å². The maximum absolute atomic E-state index is 11.7. The number of carbonyl (C=O) groups excluding carboxylic acids is 1. The number of anilines is 1. The minimum Gasteiger partial charge on any atom is -0.491 e. The molecule has 3 aromatic rings. The van der Waals surface area contributed by atoms with Crippen molar-refractivity contribution in [3.63, 3.8) is 0 Å². The first kappa shape index (κ1) is 24.1. The fraction of sp³-hybridized carbons (Fsp3) is 0.524. The number of hydrogen-bond donors (Lipinski definition) is 2. The molecule has 0 aliphatic heterocycles. The van der Waals surface area contributed by atoms with Crippen LogP contribution in [-0.2, 0) is 9.53 Å². The molecule has 0 fully saturated rings. The molecule has 0 aliphatic carbocycles. The Kier molecular flexibility index (Phi) is 8.70. The van der Waals surface area contributed by atoms with E-state index in [0.717, 1.165) is 29.7 Å². The first-order valence-electron chi connectivity index (χ1n) is 10.9. The van der Waals surface area contributed by atoms with Crippen molar-refractivity contribution in [2.45, 2.75) is 32.6 Å². The maximum atomic E-state index is 11.7.